The molecule has 1 saturated heterocycles. The Balaban J connectivity index is 1.28. The Morgan fingerprint density at radius 2 is 1.75 bits per heavy atom. The summed E-state index contributed by atoms with van der Waals surface area (Å²) in [7, 11) is -2.34. The minimum Gasteiger partial charge on any atom is -0.497 e. The fraction of sp³-hybridized carbons (Fsp3) is 0.475. The SMILES string of the molecule is C=C[C@@H]1C[C@]1(NC(=O)[C@@H]1C[C@@H](Oc2nccc3cc(OC)ccc23)CN1C(=O)[C@@H](NC(=O)NC(C)(C)c1ccccc1)C(C)(C)C)C(=O)NS(=O)(=O)C1CC1. The van der Waals surface area contributed by atoms with E-state index < -0.39 is 79.6 Å². The zero-order valence-corrected chi connectivity index (χ0v) is 32.9. The van der Waals surface area contributed by atoms with Gasteiger partial charge >= 0.3 is 6.03 Å². The molecule has 5 atom stereocenters. The quantitative estimate of drug-likeness (QED) is 0.187. The highest BCUT2D eigenvalue weighted by Gasteiger charge is 2.62. The Kier molecular flexibility index (Phi) is 10.6. The second-order valence-corrected chi connectivity index (χ2v) is 18.2. The van der Waals surface area contributed by atoms with Crippen LogP contribution in [0.5, 0.6) is 11.6 Å². The molecule has 2 heterocycles. The Morgan fingerprint density at radius 1 is 1.04 bits per heavy atom. The lowest BCUT2D eigenvalue weighted by Gasteiger charge is -2.36. The number of urea groups is 1. The van der Waals surface area contributed by atoms with Crippen molar-refractivity contribution in [3.63, 3.8) is 0 Å². The number of hydrogen-bond acceptors (Lipinski definition) is 9. The summed E-state index contributed by atoms with van der Waals surface area (Å²) >= 11 is 0. The van der Waals surface area contributed by atoms with E-state index in [-0.39, 0.29) is 19.4 Å². The molecule has 15 heteroatoms. The number of amides is 5. The molecule has 4 N–H and O–H groups in total. The molecule has 2 aliphatic carbocycles. The second kappa shape index (κ2) is 14.8. The monoisotopic (exact) mass is 774 g/mol. The number of carbonyl (C=O) groups excluding carboxylic acids is 4. The Morgan fingerprint density at radius 3 is 2.36 bits per heavy atom. The van der Waals surface area contributed by atoms with Crippen molar-refractivity contribution in [3.05, 3.63) is 79.0 Å². The molecule has 2 aromatic carbocycles. The lowest BCUT2D eigenvalue weighted by atomic mass is 9.85. The summed E-state index contributed by atoms with van der Waals surface area (Å²) in [6.45, 7) is 12.9. The van der Waals surface area contributed by atoms with Crippen LogP contribution in [0.4, 0.5) is 4.79 Å². The first-order chi connectivity index (χ1) is 25.9. The van der Waals surface area contributed by atoms with Crippen molar-refractivity contribution in [2.75, 3.05) is 13.7 Å². The van der Waals surface area contributed by atoms with Crippen LogP contribution in [0.1, 0.15) is 65.9 Å². The van der Waals surface area contributed by atoms with Crippen LogP contribution in [0.25, 0.3) is 10.8 Å². The van der Waals surface area contributed by atoms with Gasteiger partial charge in [0.15, 0.2) is 0 Å². The molecule has 0 spiro atoms. The molecule has 0 bridgehead atoms. The first-order valence-electron chi connectivity index (χ1n) is 18.4. The van der Waals surface area contributed by atoms with E-state index in [0.717, 1.165) is 10.9 Å². The largest absolute Gasteiger partial charge is 0.497 e. The number of aromatic nitrogens is 1. The van der Waals surface area contributed by atoms with Crippen molar-refractivity contribution >= 4 is 44.5 Å². The highest BCUT2D eigenvalue weighted by molar-refractivity contribution is 7.91. The van der Waals surface area contributed by atoms with Crippen molar-refractivity contribution < 1.29 is 37.1 Å². The zero-order chi connectivity index (χ0) is 39.9. The molecular formula is C40H50N6O8S. The van der Waals surface area contributed by atoms with Crippen LogP contribution < -0.4 is 30.1 Å². The van der Waals surface area contributed by atoms with Crippen LogP contribution in [0.15, 0.2) is 73.4 Å². The summed E-state index contributed by atoms with van der Waals surface area (Å²) < 4.78 is 39.4. The van der Waals surface area contributed by atoms with E-state index in [0.29, 0.717) is 29.9 Å². The fourth-order valence-electron chi connectivity index (χ4n) is 7.09. The van der Waals surface area contributed by atoms with Gasteiger partial charge in [0.25, 0.3) is 5.91 Å². The van der Waals surface area contributed by atoms with Gasteiger partial charge in [0.1, 0.15) is 29.5 Å². The van der Waals surface area contributed by atoms with E-state index in [9.17, 15) is 27.6 Å². The van der Waals surface area contributed by atoms with Crippen LogP contribution in [-0.4, -0.2) is 84.7 Å². The van der Waals surface area contributed by atoms with Crippen LogP contribution in [0, 0.1) is 11.3 Å². The predicted molar refractivity (Wildman–Crippen MR) is 206 cm³/mol. The molecular weight excluding hydrogens is 725 g/mol. The summed E-state index contributed by atoms with van der Waals surface area (Å²) in [5, 5.41) is 9.51. The van der Waals surface area contributed by atoms with Crippen LogP contribution in [-0.2, 0) is 29.9 Å². The number of nitrogens with one attached hydrogen (secondary N) is 4. The molecule has 294 valence electrons. The van der Waals surface area contributed by atoms with E-state index in [1.165, 1.54) is 11.0 Å². The van der Waals surface area contributed by atoms with Crippen LogP contribution >= 0.6 is 0 Å². The molecule has 0 radical (unpaired) electrons. The average molecular weight is 775 g/mol. The Labute approximate surface area is 321 Å². The van der Waals surface area contributed by atoms with E-state index >= 15 is 0 Å². The molecule has 1 aliphatic heterocycles. The minimum absolute atomic E-state index is 0.0206. The number of ether oxygens (including phenoxy) is 2. The third-order valence-electron chi connectivity index (χ3n) is 10.6. The Hall–Kier alpha value is -5.18. The van der Waals surface area contributed by atoms with Crippen molar-refractivity contribution in [1.82, 2.24) is 30.6 Å². The van der Waals surface area contributed by atoms with Gasteiger partial charge in [-0.25, -0.2) is 18.2 Å². The number of rotatable bonds is 13. The number of pyridine rings is 1. The number of hydrogen-bond donors (Lipinski definition) is 4. The van der Waals surface area contributed by atoms with Crippen molar-refractivity contribution in [1.29, 1.82) is 0 Å². The Bertz CT molecular complexity index is 2100. The van der Waals surface area contributed by atoms with Gasteiger partial charge in [-0.05, 0) is 73.7 Å². The minimum atomic E-state index is -3.91. The van der Waals surface area contributed by atoms with E-state index in [1.54, 1.807) is 19.4 Å². The van der Waals surface area contributed by atoms with Gasteiger partial charge in [0.2, 0.25) is 27.7 Å². The number of nitrogens with zero attached hydrogens (tertiary/aromatic N) is 2. The average Bonchev–Trinajstić information content (AvgIpc) is 4.06. The lowest BCUT2D eigenvalue weighted by molar-refractivity contribution is -0.142. The molecule has 0 unspecified atom stereocenters. The molecule has 5 amide bonds. The maximum Gasteiger partial charge on any atom is 0.316 e. The zero-order valence-electron chi connectivity index (χ0n) is 32.0. The van der Waals surface area contributed by atoms with Gasteiger partial charge in [-0.3, -0.25) is 19.1 Å². The molecule has 55 heavy (non-hydrogen) atoms. The van der Waals surface area contributed by atoms with E-state index in [2.05, 4.69) is 32.2 Å². The molecule has 2 saturated carbocycles. The van der Waals surface area contributed by atoms with Crippen LogP contribution in [0.2, 0.25) is 0 Å². The van der Waals surface area contributed by atoms with Gasteiger partial charge < -0.3 is 30.3 Å². The third kappa shape index (κ3) is 8.41. The van der Waals surface area contributed by atoms with E-state index in [1.807, 2.05) is 83.1 Å². The summed E-state index contributed by atoms with van der Waals surface area (Å²) in [4.78, 5) is 62.0. The lowest BCUT2D eigenvalue weighted by Crippen LogP contribution is -2.61. The van der Waals surface area contributed by atoms with Gasteiger partial charge in [-0.2, -0.15) is 0 Å². The smallest absolute Gasteiger partial charge is 0.316 e. The number of carbonyl (C=O) groups is 4. The number of sulfonamides is 1. The second-order valence-electron chi connectivity index (χ2n) is 16.3. The van der Waals surface area contributed by atoms with E-state index in [4.69, 9.17) is 9.47 Å². The summed E-state index contributed by atoms with van der Waals surface area (Å²) in [6.07, 6.45) is 3.45. The van der Waals surface area contributed by atoms with Crippen molar-refractivity contribution in [2.24, 2.45) is 11.3 Å². The molecule has 6 rings (SSSR count). The number of fused-ring (bicyclic) bond motifs is 1. The van der Waals surface area contributed by atoms with Crippen molar-refractivity contribution in [3.8, 4) is 11.6 Å². The fourth-order valence-corrected chi connectivity index (χ4v) is 8.46. The topological polar surface area (TPSA) is 185 Å². The summed E-state index contributed by atoms with van der Waals surface area (Å²) in [5.74, 6) is -1.63. The normalized spacial score (nSPS) is 22.9. The molecule has 3 fully saturated rings. The molecule has 3 aromatic rings. The standard InChI is InChI=1S/C40H50N6O8S/c1-8-25-22-40(25,36(49)45-55(51,52)29-15-16-29)43-33(47)31-21-28(54-34-30-17-14-27(53-7)20-24(30)18-19-41-34)23-46(31)35(48)32(38(2,3)4)42-37(50)44-39(5,6)26-12-10-9-11-13-26/h8-14,17-20,25,28-29,31-32H,1,15-16,21-23H2,2-7H3,(H,43,47)(H,45,49)(H2,42,44,50)/t25-,28-,31+,32-,40-/m1/s1. The third-order valence-corrected chi connectivity index (χ3v) is 12.4. The molecule has 3 aliphatic rings. The summed E-state index contributed by atoms with van der Waals surface area (Å²) in [5.41, 5.74) is -2.30. The predicted octanol–water partition coefficient (Wildman–Crippen LogP) is 3.91. The molecule has 1 aromatic heterocycles. The number of benzene rings is 2. The van der Waals surface area contributed by atoms with Gasteiger partial charge in [-0.15, -0.1) is 6.58 Å². The highest BCUT2D eigenvalue weighted by Crippen LogP contribution is 2.45. The summed E-state index contributed by atoms with van der Waals surface area (Å²) in [6, 6.07) is 13.8. The first kappa shape index (κ1) is 39.5. The van der Waals surface area contributed by atoms with Crippen molar-refractivity contribution in [2.45, 2.75) is 94.8 Å². The maximum absolute atomic E-state index is 14.7. The van der Waals surface area contributed by atoms with Gasteiger partial charge in [0, 0.05) is 23.9 Å². The highest BCUT2D eigenvalue weighted by atomic mass is 32.2. The number of methoxy groups -OCH3 is 1. The van der Waals surface area contributed by atoms with Gasteiger partial charge in [-0.1, -0.05) is 57.2 Å². The van der Waals surface area contributed by atoms with Gasteiger partial charge in [0.05, 0.1) is 24.4 Å². The molecule has 14 nitrogen and oxygen atoms in total. The van der Waals surface area contributed by atoms with Crippen LogP contribution in [0.3, 0.4) is 0 Å². The first-order valence-corrected chi connectivity index (χ1v) is 20.0. The maximum atomic E-state index is 14.7. The number of likely N-dealkylation sites (tertiary alicyclic amines) is 1.